The van der Waals surface area contributed by atoms with E-state index in [1.807, 2.05) is 36.4 Å². The van der Waals surface area contributed by atoms with E-state index in [-0.39, 0.29) is 31.0 Å². The highest BCUT2D eigenvalue weighted by molar-refractivity contribution is 7.88. The molecule has 9 nitrogen and oxygen atoms in total. The second kappa shape index (κ2) is 9.68. The molecule has 0 saturated carbocycles. The molecular weight excluding hydrogens is 518 g/mol. The number of nitrogens with one attached hydrogen (secondary N) is 2. The average molecular weight is 546 g/mol. The number of pyridine rings is 1. The lowest BCUT2D eigenvalue weighted by Gasteiger charge is -2.22. The SMILES string of the molecule is CS(=O)(=O)NC1CC=C(c2ccc(-c3nc4cc(O[C@@H]5COC6C5OC[C@H]6O)[nH]c4cc3Cl)cc2)CC1. The van der Waals surface area contributed by atoms with Crippen molar-refractivity contribution in [3.63, 3.8) is 0 Å². The number of hydrogen-bond donors (Lipinski definition) is 3. The fourth-order valence-corrected chi connectivity index (χ4v) is 6.41. The van der Waals surface area contributed by atoms with Crippen molar-refractivity contribution in [1.82, 2.24) is 14.7 Å². The molecule has 3 unspecified atom stereocenters. The van der Waals surface area contributed by atoms with E-state index in [2.05, 4.69) is 15.8 Å². The molecule has 0 radical (unpaired) electrons. The summed E-state index contributed by atoms with van der Waals surface area (Å²) >= 11 is 6.61. The van der Waals surface area contributed by atoms with E-state index in [4.69, 9.17) is 30.8 Å². The van der Waals surface area contributed by atoms with Crippen molar-refractivity contribution >= 4 is 38.2 Å². The molecule has 3 N–H and O–H groups in total. The Labute approximate surface area is 219 Å². The lowest BCUT2D eigenvalue weighted by atomic mass is 9.90. The summed E-state index contributed by atoms with van der Waals surface area (Å²) in [5, 5.41) is 10.5. The van der Waals surface area contributed by atoms with Gasteiger partial charge in [0.2, 0.25) is 10.0 Å². The van der Waals surface area contributed by atoms with Gasteiger partial charge in [-0.15, -0.1) is 0 Å². The van der Waals surface area contributed by atoms with Crippen molar-refractivity contribution in [2.45, 2.75) is 49.7 Å². The van der Waals surface area contributed by atoms with Crippen LogP contribution in [0.3, 0.4) is 0 Å². The molecule has 3 aromatic rings. The van der Waals surface area contributed by atoms with Crippen molar-refractivity contribution in [2.75, 3.05) is 19.5 Å². The van der Waals surface area contributed by atoms with Crippen LogP contribution >= 0.6 is 11.6 Å². The first-order chi connectivity index (χ1) is 17.7. The lowest BCUT2D eigenvalue weighted by Crippen LogP contribution is -2.34. The minimum Gasteiger partial charge on any atom is -0.470 e. The Bertz CT molecular complexity index is 1450. The molecule has 37 heavy (non-hydrogen) atoms. The zero-order chi connectivity index (χ0) is 25.7. The number of rotatable bonds is 6. The van der Waals surface area contributed by atoms with Crippen LogP contribution in [0.2, 0.25) is 5.02 Å². The zero-order valence-electron chi connectivity index (χ0n) is 20.2. The quantitative estimate of drug-likeness (QED) is 0.434. The molecule has 2 saturated heterocycles. The van der Waals surface area contributed by atoms with Crippen LogP contribution in [-0.2, 0) is 19.5 Å². The predicted octanol–water partition coefficient (Wildman–Crippen LogP) is 3.27. The Kier molecular flexibility index (Phi) is 6.50. The summed E-state index contributed by atoms with van der Waals surface area (Å²) in [7, 11) is -3.20. The molecule has 4 heterocycles. The van der Waals surface area contributed by atoms with Crippen molar-refractivity contribution in [2.24, 2.45) is 0 Å². The number of ether oxygens (including phenoxy) is 3. The normalized spacial score (nSPS) is 27.9. The summed E-state index contributed by atoms with van der Waals surface area (Å²) in [6.07, 6.45) is 3.95. The van der Waals surface area contributed by atoms with Crippen LogP contribution < -0.4 is 9.46 Å². The second-order valence-electron chi connectivity index (χ2n) is 9.87. The molecule has 6 rings (SSSR count). The smallest absolute Gasteiger partial charge is 0.208 e. The van der Waals surface area contributed by atoms with E-state index in [0.29, 0.717) is 29.6 Å². The lowest BCUT2D eigenvalue weighted by molar-refractivity contribution is 0.00794. The molecule has 2 aliphatic heterocycles. The largest absolute Gasteiger partial charge is 0.470 e. The molecule has 5 atom stereocenters. The monoisotopic (exact) mass is 545 g/mol. The number of fused-ring (bicyclic) bond motifs is 2. The van der Waals surface area contributed by atoms with Crippen molar-refractivity contribution in [3.05, 3.63) is 53.1 Å². The maximum atomic E-state index is 11.5. The van der Waals surface area contributed by atoms with Crippen LogP contribution in [-0.4, -0.2) is 73.4 Å². The molecule has 1 aromatic carbocycles. The highest BCUT2D eigenvalue weighted by Crippen LogP contribution is 2.35. The Morgan fingerprint density at radius 3 is 2.62 bits per heavy atom. The van der Waals surface area contributed by atoms with Gasteiger partial charge in [-0.2, -0.15) is 0 Å². The summed E-state index contributed by atoms with van der Waals surface area (Å²) in [6, 6.07) is 11.7. The number of allylic oxidation sites excluding steroid dienone is 1. The van der Waals surface area contributed by atoms with Crippen LogP contribution in [0.15, 0.2) is 42.5 Å². The molecular formula is C26H28ClN3O6S. The molecule has 0 amide bonds. The van der Waals surface area contributed by atoms with E-state index < -0.39 is 16.1 Å². The van der Waals surface area contributed by atoms with Gasteiger partial charge in [0.15, 0.2) is 12.0 Å². The fraction of sp³-hybridized carbons (Fsp3) is 0.423. The molecule has 0 spiro atoms. The third-order valence-electron chi connectivity index (χ3n) is 7.11. The Morgan fingerprint density at radius 1 is 1.14 bits per heavy atom. The number of aliphatic hydroxyl groups excluding tert-OH is 1. The third kappa shape index (κ3) is 5.14. The van der Waals surface area contributed by atoms with Crippen LogP contribution in [0.4, 0.5) is 0 Å². The van der Waals surface area contributed by atoms with E-state index in [0.717, 1.165) is 35.0 Å². The van der Waals surface area contributed by atoms with Gasteiger partial charge in [-0.05, 0) is 36.5 Å². The predicted molar refractivity (Wildman–Crippen MR) is 140 cm³/mol. The number of aromatic amines is 1. The Balaban J connectivity index is 1.17. The van der Waals surface area contributed by atoms with Gasteiger partial charge in [0.1, 0.15) is 18.3 Å². The second-order valence-corrected chi connectivity index (χ2v) is 12.1. The highest BCUT2D eigenvalue weighted by atomic mass is 35.5. The number of sulfonamides is 1. The fourth-order valence-electron chi connectivity index (χ4n) is 5.33. The summed E-state index contributed by atoms with van der Waals surface area (Å²) in [4.78, 5) is 7.99. The molecule has 2 fully saturated rings. The minimum absolute atomic E-state index is 0.0529. The maximum Gasteiger partial charge on any atom is 0.208 e. The molecule has 2 aromatic heterocycles. The average Bonchev–Trinajstić information content (AvgIpc) is 3.55. The maximum absolute atomic E-state index is 11.5. The molecule has 11 heteroatoms. The van der Waals surface area contributed by atoms with Gasteiger partial charge in [-0.3, -0.25) is 0 Å². The van der Waals surface area contributed by atoms with Crippen LogP contribution in [0.25, 0.3) is 27.9 Å². The van der Waals surface area contributed by atoms with E-state index in [1.165, 1.54) is 11.8 Å². The molecule has 196 valence electrons. The number of nitrogens with zero attached hydrogens (tertiary/aromatic N) is 1. The van der Waals surface area contributed by atoms with Gasteiger partial charge in [-0.25, -0.2) is 18.1 Å². The number of hydrogen-bond acceptors (Lipinski definition) is 7. The van der Waals surface area contributed by atoms with Crippen molar-refractivity contribution < 1.29 is 27.7 Å². The summed E-state index contributed by atoms with van der Waals surface area (Å²) in [6.45, 7) is 0.595. The van der Waals surface area contributed by atoms with Gasteiger partial charge < -0.3 is 24.3 Å². The van der Waals surface area contributed by atoms with Gasteiger partial charge in [0.25, 0.3) is 0 Å². The Morgan fingerprint density at radius 2 is 1.89 bits per heavy atom. The molecule has 1 aliphatic carbocycles. The number of H-pyrrole nitrogens is 1. The summed E-state index contributed by atoms with van der Waals surface area (Å²) < 4.78 is 43.0. The van der Waals surface area contributed by atoms with Crippen LogP contribution in [0.1, 0.15) is 24.8 Å². The van der Waals surface area contributed by atoms with Gasteiger partial charge >= 0.3 is 0 Å². The van der Waals surface area contributed by atoms with Crippen molar-refractivity contribution in [1.29, 1.82) is 0 Å². The summed E-state index contributed by atoms with van der Waals surface area (Å²) in [5.74, 6) is 0.540. The number of benzene rings is 1. The van der Waals surface area contributed by atoms with Crippen molar-refractivity contribution in [3.8, 4) is 17.1 Å². The topological polar surface area (TPSA) is 123 Å². The molecule has 0 bridgehead atoms. The first kappa shape index (κ1) is 24.8. The first-order valence-electron chi connectivity index (χ1n) is 12.3. The summed E-state index contributed by atoms with van der Waals surface area (Å²) in [5.41, 5.74) is 5.36. The Hall–Kier alpha value is -2.47. The minimum atomic E-state index is -3.20. The van der Waals surface area contributed by atoms with Gasteiger partial charge in [0.05, 0.1) is 41.2 Å². The van der Waals surface area contributed by atoms with Crippen LogP contribution in [0, 0.1) is 0 Å². The highest BCUT2D eigenvalue weighted by Gasteiger charge is 2.48. The number of halogens is 1. The van der Waals surface area contributed by atoms with Gasteiger partial charge in [0, 0.05) is 17.7 Å². The first-order valence-corrected chi connectivity index (χ1v) is 14.5. The van der Waals surface area contributed by atoms with E-state index >= 15 is 0 Å². The van der Waals surface area contributed by atoms with Crippen LogP contribution in [0.5, 0.6) is 5.88 Å². The standard InChI is InChI=1S/C26H28ClN3O6S/c1-37(32,33)30-17-8-6-15(7-9-17)14-2-4-16(5-3-14)24-18(27)10-19-20(29-24)11-23(28-19)36-22-13-35-25-21(31)12-34-26(22)25/h2-6,10-11,17,21-22,25-26,28,30-31H,7-9,12-13H2,1H3/t17?,21-,22-,25?,26?/m1/s1. The van der Waals surface area contributed by atoms with Gasteiger partial charge in [-0.1, -0.05) is 41.9 Å². The zero-order valence-corrected chi connectivity index (χ0v) is 21.8. The number of aromatic nitrogens is 2. The number of aliphatic hydroxyl groups is 1. The third-order valence-corrected chi connectivity index (χ3v) is 8.16. The van der Waals surface area contributed by atoms with E-state index in [9.17, 15) is 13.5 Å². The van der Waals surface area contributed by atoms with E-state index in [1.54, 1.807) is 0 Å². The molecule has 3 aliphatic rings.